The second-order valence-corrected chi connectivity index (χ2v) is 0. The fraction of sp³-hybridized carbons (Fsp3) is 0. The zero-order valence-corrected chi connectivity index (χ0v) is 1.65. The van der Waals surface area contributed by atoms with E-state index in [1.807, 2.05) is 0 Å². The molecule has 0 aliphatic rings. The summed E-state index contributed by atoms with van der Waals surface area (Å²) in [5, 5.41) is 12.0. The van der Waals surface area contributed by atoms with Gasteiger partial charge in [-0.15, -0.1) is 0 Å². The molecule has 0 aromatic heterocycles. The van der Waals surface area contributed by atoms with E-state index in [9.17, 15) is 0 Å². The van der Waals surface area contributed by atoms with E-state index in [4.69, 9.17) is 19.9 Å². The van der Waals surface area contributed by atoms with Gasteiger partial charge >= 0.3 is 0 Å². The molecule has 0 saturated heterocycles. The Hall–Kier alpha value is -0.720. The fourth-order valence-corrected chi connectivity index (χ4v) is 0. The van der Waals surface area contributed by atoms with Crippen molar-refractivity contribution in [2.24, 2.45) is 0 Å². The molecule has 0 fully saturated rings. The van der Waals surface area contributed by atoms with E-state index in [2.05, 4.69) is 0 Å². The van der Waals surface area contributed by atoms with E-state index in [0.717, 1.165) is 0 Å². The Morgan fingerprint density at radius 3 is 1.00 bits per heavy atom. The molecule has 0 unspecified atom stereocenters. The van der Waals surface area contributed by atoms with Gasteiger partial charge in [0.15, 0.2) is 0 Å². The Morgan fingerprint density at radius 1 is 1.00 bits per heavy atom. The first kappa shape index (κ1) is 10.4. The average molecular weight is 66.0 g/mol. The first-order valence-corrected chi connectivity index (χ1v) is 0.343. The van der Waals surface area contributed by atoms with E-state index < -0.39 is 0 Å². The number of hydrogen-bond acceptors (Lipinski definition) is 2. The highest BCUT2D eigenvalue weighted by Crippen LogP contribution is 1.42. The lowest BCUT2D eigenvalue weighted by Crippen LogP contribution is -0.580. The van der Waals surface area contributed by atoms with Crippen LogP contribution in [0.5, 0.6) is 0 Å². The van der Waals surface area contributed by atoms with Gasteiger partial charge in [-0.3, -0.25) is 0 Å². The summed E-state index contributed by atoms with van der Waals surface area (Å²) in [7, 11) is 0. The van der Waals surface area contributed by atoms with Crippen LogP contribution in [0, 0.1) is 10.8 Å². The van der Waals surface area contributed by atoms with E-state index in [-0.39, 0.29) is 0 Å². The van der Waals surface area contributed by atoms with Crippen molar-refractivity contribution in [2.75, 3.05) is 0 Å². The van der Waals surface area contributed by atoms with E-state index in [1.165, 1.54) is 0 Å². The molecule has 0 aromatic rings. The second-order valence-electron chi connectivity index (χ2n) is 0. The van der Waals surface area contributed by atoms with Gasteiger partial charge in [0.1, 0.15) is 0 Å². The largest absolute Gasteiger partial charge is 0 e. The number of hydrogen-bond donors (Lipinski definition) is 0. The first-order valence-electron chi connectivity index (χ1n) is 0.343. The smallest absolute Gasteiger partial charge is 0 e. The predicted molar refractivity (Wildman–Crippen MR) is 5.67 cm³/mol. The highest BCUT2D eigenvalue weighted by Gasteiger charge is 1.00. The number of rotatable bonds is 0. The van der Waals surface area contributed by atoms with Crippen LogP contribution < -0.4 is 0 Å². The van der Waals surface area contributed by atoms with Crippen molar-refractivity contribution in [1.82, 2.24) is 0 Å². The van der Waals surface area contributed by atoms with E-state index in [0.29, 0.717) is 0 Å². The van der Waals surface area contributed by atoms with Crippen LogP contribution in [0.4, 0.5) is 9.15 Å². The molecule has 4 heteroatoms. The Bertz CT molecular complexity index is 8.75. The molecule has 0 aliphatic carbocycles. The lowest BCUT2D eigenvalue weighted by molar-refractivity contribution is 0.108. The first-order chi connectivity index (χ1) is 2.00. The van der Waals surface area contributed by atoms with Crippen molar-refractivity contribution >= 4 is 0 Å². The van der Waals surface area contributed by atoms with Crippen LogP contribution in [0.15, 0.2) is 0 Å². The van der Waals surface area contributed by atoms with Crippen LogP contribution in [0.2, 0.25) is 0 Å². The summed E-state index contributed by atoms with van der Waals surface area (Å²) in [6.45, 7) is 0. The standard InChI is InChI=1S/F2.N2/c2*1-2. The predicted octanol–water partition coefficient (Wildman–Crippen LogP) is 0.871. The van der Waals surface area contributed by atoms with Crippen LogP contribution in [-0.2, 0) is 0 Å². The molecule has 0 radical (unpaired) electrons. The minimum atomic E-state index is 6.00. The fourth-order valence-electron chi connectivity index (χ4n) is 0. The molecule has 0 bridgehead atoms. The van der Waals surface area contributed by atoms with Gasteiger partial charge in [0.2, 0.25) is 0 Å². The van der Waals surface area contributed by atoms with Gasteiger partial charge in [-0.05, 0) is 0 Å². The molecule has 0 rings (SSSR count). The third kappa shape index (κ3) is 0.194. The second kappa shape index (κ2) is 7.21. The normalized spacial score (nSPS) is 2.00. The molecule has 0 aliphatic heterocycles. The number of halogens is 2. The summed E-state index contributed by atoms with van der Waals surface area (Å²) in [5.41, 5.74) is 0. The third-order valence-corrected chi connectivity index (χ3v) is 0. The summed E-state index contributed by atoms with van der Waals surface area (Å²) >= 11 is 0. The highest BCUT2D eigenvalue weighted by molar-refractivity contribution is 2.30. The van der Waals surface area contributed by atoms with E-state index in [1.54, 1.807) is 0 Å². The quantitative estimate of drug-likeness (QED) is 0.394. The van der Waals surface area contributed by atoms with Crippen LogP contribution in [0.1, 0.15) is 0 Å². The Balaban J connectivity index is 0. The molecule has 24 valence electrons. The van der Waals surface area contributed by atoms with Crippen molar-refractivity contribution < 1.29 is 9.15 Å². The molecule has 0 aromatic carbocycles. The number of nitrogens with zero attached hydrogens (tertiary/aromatic N) is 2. The summed E-state index contributed by atoms with van der Waals surface area (Å²) in [4.78, 5) is 0. The van der Waals surface area contributed by atoms with Crippen molar-refractivity contribution in [1.29, 1.82) is 10.8 Å². The third-order valence-electron chi connectivity index (χ3n) is 0. The van der Waals surface area contributed by atoms with Crippen LogP contribution >= 0.6 is 0 Å². The maximum absolute atomic E-state index is 8.00. The summed E-state index contributed by atoms with van der Waals surface area (Å²) in [6, 6.07) is 0. The minimum absolute atomic E-state index is 6.00. The Kier molecular flexibility index (Phi) is 18.7. The topological polar surface area (TPSA) is 47.6 Å². The van der Waals surface area contributed by atoms with Crippen LogP contribution in [0.3, 0.4) is 0 Å². The zero-order chi connectivity index (χ0) is 4.00. The molecule has 0 saturated carbocycles. The molecular formula is F2N2. The average Bonchev–Trinajstić information content (AvgIpc) is 1.50. The van der Waals surface area contributed by atoms with E-state index >= 15 is 0 Å². The molecule has 0 amide bonds. The van der Waals surface area contributed by atoms with Gasteiger partial charge in [-0.25, -0.2) is 0 Å². The monoisotopic (exact) mass is 66.0 g/mol. The summed E-state index contributed by atoms with van der Waals surface area (Å²) < 4.78 is 16.0. The van der Waals surface area contributed by atoms with Crippen molar-refractivity contribution in [3.63, 3.8) is 0 Å². The molecule has 0 spiro atoms. The van der Waals surface area contributed by atoms with Gasteiger partial charge in [0.05, 0.1) is 0 Å². The SMILES string of the molecule is FF.N#N. The molecule has 4 heavy (non-hydrogen) atoms. The van der Waals surface area contributed by atoms with Gasteiger partial charge in [-0.1, -0.05) is 0 Å². The molecular weight excluding hydrogens is 66.0 g/mol. The maximum atomic E-state index is 8.00. The summed E-state index contributed by atoms with van der Waals surface area (Å²) in [5.74, 6) is 0. The maximum Gasteiger partial charge on any atom is 0 e. The van der Waals surface area contributed by atoms with Gasteiger partial charge in [0, 0.05) is 19.9 Å². The lowest BCUT2D eigenvalue weighted by Gasteiger charge is -1.00. The molecule has 2 nitrogen and oxygen atoms in total. The lowest BCUT2D eigenvalue weighted by atomic mass is 13.4. The van der Waals surface area contributed by atoms with Gasteiger partial charge in [-0.2, -0.15) is 0 Å². The molecule has 0 heterocycles. The molecule has 0 N–H and O–H groups in total. The minimum Gasteiger partial charge on any atom is 0 e. The van der Waals surface area contributed by atoms with Crippen molar-refractivity contribution in [3.8, 4) is 0 Å². The van der Waals surface area contributed by atoms with Gasteiger partial charge < -0.3 is 0 Å². The van der Waals surface area contributed by atoms with Crippen LogP contribution in [-0.4, -0.2) is 0 Å². The van der Waals surface area contributed by atoms with Gasteiger partial charge in [0.25, 0.3) is 0 Å². The van der Waals surface area contributed by atoms with Crippen LogP contribution in [0.25, 0.3) is 0 Å². The molecule has 0 atom stereocenters. The summed E-state index contributed by atoms with van der Waals surface area (Å²) in [6.07, 6.45) is 0. The Labute approximate surface area is 21.3 Å². The highest BCUT2D eigenvalue weighted by atomic mass is 20.0. The van der Waals surface area contributed by atoms with Crippen molar-refractivity contribution in [3.05, 3.63) is 0 Å². The van der Waals surface area contributed by atoms with Crippen molar-refractivity contribution in [2.45, 2.75) is 0 Å². The Morgan fingerprint density at radius 2 is 1.00 bits per heavy atom. The zero-order valence-electron chi connectivity index (χ0n) is 1.65.